The van der Waals surface area contributed by atoms with Crippen LogP contribution < -0.4 is 0 Å². The molecule has 2 aromatic carbocycles. The SMILES string of the molecule is Cc1ccc(S(=O)(=O)S(=O)(=O)c2ccc(C)cc2C)c(C)c1. The Balaban J connectivity index is 2.71. The fourth-order valence-corrected chi connectivity index (χ4v) is 6.79. The van der Waals surface area contributed by atoms with Crippen LogP contribution in [0.5, 0.6) is 0 Å². The molecule has 0 aliphatic rings. The summed E-state index contributed by atoms with van der Waals surface area (Å²) in [6, 6.07) is 9.20. The van der Waals surface area contributed by atoms with Gasteiger partial charge in [-0.05, 0) is 51.0 Å². The minimum Gasteiger partial charge on any atom is -0.207 e. The van der Waals surface area contributed by atoms with Crippen molar-refractivity contribution in [1.29, 1.82) is 0 Å². The van der Waals surface area contributed by atoms with Gasteiger partial charge < -0.3 is 0 Å². The van der Waals surface area contributed by atoms with E-state index in [4.69, 9.17) is 0 Å². The van der Waals surface area contributed by atoms with Crippen molar-refractivity contribution in [1.82, 2.24) is 0 Å². The molecular weight excluding hydrogens is 320 g/mol. The first-order valence-electron chi connectivity index (χ1n) is 6.72. The van der Waals surface area contributed by atoms with Crippen LogP contribution in [-0.2, 0) is 17.7 Å². The molecule has 0 unspecified atom stereocenters. The minimum absolute atomic E-state index is 0.168. The second-order valence-corrected chi connectivity index (χ2v) is 10.8. The Morgan fingerprint density at radius 2 is 0.909 bits per heavy atom. The molecule has 0 spiro atoms. The zero-order valence-electron chi connectivity index (χ0n) is 12.9. The van der Waals surface area contributed by atoms with E-state index >= 15 is 0 Å². The summed E-state index contributed by atoms with van der Waals surface area (Å²) in [4.78, 5) is -0.337. The zero-order chi connectivity index (χ0) is 16.7. The van der Waals surface area contributed by atoms with Gasteiger partial charge in [-0.1, -0.05) is 35.4 Å². The van der Waals surface area contributed by atoms with Crippen molar-refractivity contribution < 1.29 is 16.8 Å². The third kappa shape index (κ3) is 2.68. The van der Waals surface area contributed by atoms with E-state index in [1.807, 2.05) is 13.8 Å². The Hall–Kier alpha value is -1.66. The summed E-state index contributed by atoms with van der Waals surface area (Å²) in [5.41, 5.74) is 2.60. The van der Waals surface area contributed by atoms with Crippen LogP contribution in [0.15, 0.2) is 46.2 Å². The van der Waals surface area contributed by atoms with Gasteiger partial charge >= 0.3 is 0 Å². The molecule has 6 heteroatoms. The molecule has 22 heavy (non-hydrogen) atoms. The molecule has 2 rings (SSSR count). The highest BCUT2D eigenvalue weighted by atomic mass is 33.2. The molecule has 0 heterocycles. The summed E-state index contributed by atoms with van der Waals surface area (Å²) in [6.07, 6.45) is 0. The van der Waals surface area contributed by atoms with Crippen molar-refractivity contribution in [2.45, 2.75) is 37.5 Å². The van der Waals surface area contributed by atoms with Crippen molar-refractivity contribution in [3.05, 3.63) is 58.7 Å². The van der Waals surface area contributed by atoms with Gasteiger partial charge in [0.25, 0.3) is 17.7 Å². The molecule has 0 amide bonds. The highest BCUT2D eigenvalue weighted by molar-refractivity contribution is 8.67. The van der Waals surface area contributed by atoms with E-state index in [2.05, 4.69) is 0 Å². The molecule has 118 valence electrons. The van der Waals surface area contributed by atoms with Crippen LogP contribution in [0.2, 0.25) is 0 Å². The van der Waals surface area contributed by atoms with E-state index in [1.165, 1.54) is 12.1 Å². The smallest absolute Gasteiger partial charge is 0.207 e. The second-order valence-electron chi connectivity index (χ2n) is 5.45. The maximum Gasteiger partial charge on any atom is 0.286 e. The Kier molecular flexibility index (Phi) is 4.19. The molecule has 2 aromatic rings. The number of hydrogen-bond donors (Lipinski definition) is 0. The molecule has 0 radical (unpaired) electrons. The maximum absolute atomic E-state index is 12.6. The predicted molar refractivity (Wildman–Crippen MR) is 86.2 cm³/mol. The average Bonchev–Trinajstić information content (AvgIpc) is 2.37. The average molecular weight is 338 g/mol. The molecule has 4 nitrogen and oxygen atoms in total. The van der Waals surface area contributed by atoms with Crippen molar-refractivity contribution >= 4 is 17.7 Å². The van der Waals surface area contributed by atoms with Gasteiger partial charge in [-0.3, -0.25) is 0 Å². The first-order chi connectivity index (χ1) is 10.1. The lowest BCUT2D eigenvalue weighted by Crippen LogP contribution is -2.18. The summed E-state index contributed by atoms with van der Waals surface area (Å²) in [7, 11) is -9.00. The topological polar surface area (TPSA) is 68.3 Å². The van der Waals surface area contributed by atoms with Gasteiger partial charge in [0.15, 0.2) is 0 Å². The number of aryl methyl sites for hydroxylation is 4. The molecule has 0 aliphatic heterocycles. The lowest BCUT2D eigenvalue weighted by molar-refractivity contribution is 0.582. The first-order valence-corrected chi connectivity index (χ1v) is 10.2. The van der Waals surface area contributed by atoms with Crippen LogP contribution in [0.1, 0.15) is 22.3 Å². The molecule has 0 bridgehead atoms. The van der Waals surface area contributed by atoms with Crippen LogP contribution >= 0.6 is 0 Å². The van der Waals surface area contributed by atoms with Crippen LogP contribution in [0.3, 0.4) is 0 Å². The summed E-state index contributed by atoms with van der Waals surface area (Å²) in [6.45, 7) is 6.83. The number of hydrogen-bond acceptors (Lipinski definition) is 4. The fourth-order valence-electron chi connectivity index (χ4n) is 2.40. The van der Waals surface area contributed by atoms with Crippen molar-refractivity contribution in [3.63, 3.8) is 0 Å². The maximum atomic E-state index is 12.6. The molecule has 0 saturated carbocycles. The first kappa shape index (κ1) is 16.7. The van der Waals surface area contributed by atoms with E-state index in [1.54, 1.807) is 38.1 Å². The Bertz CT molecular complexity index is 861. The van der Waals surface area contributed by atoms with Crippen LogP contribution in [0.25, 0.3) is 0 Å². The summed E-state index contributed by atoms with van der Waals surface area (Å²) in [5.74, 6) is 0. The van der Waals surface area contributed by atoms with E-state index in [0.29, 0.717) is 11.1 Å². The molecule has 0 N–H and O–H groups in total. The standard InChI is InChI=1S/C16H18O4S2/c1-11-5-7-15(13(3)9-11)21(17,18)22(19,20)16-8-6-12(2)10-14(16)4/h5-10H,1-4H3. The highest BCUT2D eigenvalue weighted by Gasteiger charge is 2.35. The van der Waals surface area contributed by atoms with Crippen molar-refractivity contribution in [2.75, 3.05) is 0 Å². The van der Waals surface area contributed by atoms with Crippen molar-refractivity contribution in [3.8, 4) is 0 Å². The third-order valence-electron chi connectivity index (χ3n) is 3.49. The minimum atomic E-state index is -4.50. The van der Waals surface area contributed by atoms with Crippen molar-refractivity contribution in [2.24, 2.45) is 0 Å². The Labute approximate surface area is 131 Å². The lowest BCUT2D eigenvalue weighted by Gasteiger charge is -2.11. The summed E-state index contributed by atoms with van der Waals surface area (Å²) in [5, 5.41) is 0. The third-order valence-corrected chi connectivity index (χ3v) is 8.87. The van der Waals surface area contributed by atoms with Gasteiger partial charge in [0.2, 0.25) is 0 Å². The Morgan fingerprint density at radius 1 is 0.591 bits per heavy atom. The van der Waals surface area contributed by atoms with Crippen LogP contribution in [-0.4, -0.2) is 16.8 Å². The van der Waals surface area contributed by atoms with E-state index in [-0.39, 0.29) is 9.79 Å². The van der Waals surface area contributed by atoms with Gasteiger partial charge in [0.05, 0.1) is 9.79 Å². The van der Waals surface area contributed by atoms with E-state index in [0.717, 1.165) is 11.1 Å². The number of rotatable bonds is 3. The Morgan fingerprint density at radius 3 is 1.18 bits per heavy atom. The fraction of sp³-hybridized carbons (Fsp3) is 0.250. The monoisotopic (exact) mass is 338 g/mol. The predicted octanol–water partition coefficient (Wildman–Crippen LogP) is 3.08. The van der Waals surface area contributed by atoms with Gasteiger partial charge in [-0.15, -0.1) is 0 Å². The molecule has 0 aromatic heterocycles. The van der Waals surface area contributed by atoms with Gasteiger partial charge in [-0.25, -0.2) is 16.8 Å². The second kappa shape index (κ2) is 5.52. The van der Waals surface area contributed by atoms with Crippen LogP contribution in [0.4, 0.5) is 0 Å². The van der Waals surface area contributed by atoms with E-state index in [9.17, 15) is 16.8 Å². The molecule has 0 atom stereocenters. The van der Waals surface area contributed by atoms with E-state index < -0.39 is 17.7 Å². The number of benzene rings is 2. The molecule has 0 saturated heterocycles. The van der Waals surface area contributed by atoms with Gasteiger partial charge in [-0.2, -0.15) is 0 Å². The quantitative estimate of drug-likeness (QED) is 0.807. The molecular formula is C16H18O4S2. The normalized spacial score (nSPS) is 12.4. The highest BCUT2D eigenvalue weighted by Crippen LogP contribution is 2.29. The molecule has 0 aliphatic carbocycles. The van der Waals surface area contributed by atoms with Gasteiger partial charge in [0, 0.05) is 0 Å². The largest absolute Gasteiger partial charge is 0.286 e. The van der Waals surface area contributed by atoms with Gasteiger partial charge in [0.1, 0.15) is 0 Å². The lowest BCUT2D eigenvalue weighted by atomic mass is 10.2. The molecule has 0 fully saturated rings. The summed E-state index contributed by atoms with van der Waals surface area (Å²) >= 11 is 0. The van der Waals surface area contributed by atoms with Crippen LogP contribution in [0, 0.1) is 27.7 Å². The summed E-state index contributed by atoms with van der Waals surface area (Å²) < 4.78 is 50.5. The zero-order valence-corrected chi connectivity index (χ0v) is 14.5.